The molecule has 1 aromatic rings. The minimum Gasteiger partial charge on any atom is -0.481 e. The summed E-state index contributed by atoms with van der Waals surface area (Å²) in [4.78, 5) is 31.5. The predicted octanol–water partition coefficient (Wildman–Crippen LogP) is -0.857. The number of nitrogens with zero attached hydrogens (tertiary/aromatic N) is 5. The Labute approximate surface area is 122 Å². The van der Waals surface area contributed by atoms with Gasteiger partial charge in [-0.1, -0.05) is 0 Å². The van der Waals surface area contributed by atoms with Gasteiger partial charge in [-0.15, -0.1) is 0 Å². The first-order valence-corrected chi connectivity index (χ1v) is 7.03. The third kappa shape index (κ3) is 2.39. The van der Waals surface area contributed by atoms with Crippen LogP contribution in [0.15, 0.2) is 12.7 Å². The molecular weight excluding hydrogens is 274 g/mol. The first-order valence-electron chi connectivity index (χ1n) is 7.03. The van der Waals surface area contributed by atoms with Gasteiger partial charge in [-0.2, -0.15) is 5.10 Å². The van der Waals surface area contributed by atoms with Gasteiger partial charge in [0.1, 0.15) is 18.1 Å². The monoisotopic (exact) mass is 293 g/mol. The topological polar surface area (TPSA) is 91.6 Å². The third-order valence-electron chi connectivity index (χ3n) is 4.58. The molecule has 114 valence electrons. The van der Waals surface area contributed by atoms with E-state index in [2.05, 4.69) is 10.1 Å². The standard InChI is InChI=1S/C13H19N5O3/c1-16-4-10-5-17(7-13(10,6-16)12(20)21)11(19)2-3-18-9-14-8-15-18/h8-10H,2-7H2,1H3,(H,20,21)/t10-,13-/m0/s1. The van der Waals surface area contributed by atoms with Crippen molar-refractivity contribution >= 4 is 11.9 Å². The number of hydrogen-bond donors (Lipinski definition) is 1. The quantitative estimate of drug-likeness (QED) is 0.777. The smallest absolute Gasteiger partial charge is 0.313 e. The van der Waals surface area contributed by atoms with E-state index in [0.717, 1.165) is 6.54 Å². The molecular formula is C13H19N5O3. The van der Waals surface area contributed by atoms with Gasteiger partial charge in [-0.05, 0) is 7.05 Å². The van der Waals surface area contributed by atoms with E-state index >= 15 is 0 Å². The number of amides is 1. The van der Waals surface area contributed by atoms with Gasteiger partial charge in [0.25, 0.3) is 0 Å². The normalized spacial score (nSPS) is 28.8. The number of carbonyl (C=O) groups excluding carboxylic acids is 1. The number of likely N-dealkylation sites (tertiary alicyclic amines) is 2. The SMILES string of the molecule is CN1C[C@H]2CN(C(=O)CCn3cncn3)C[C@@]2(C(=O)O)C1. The van der Waals surface area contributed by atoms with E-state index in [1.54, 1.807) is 15.9 Å². The number of aliphatic carboxylic acids is 1. The van der Waals surface area contributed by atoms with Crippen LogP contribution in [0.1, 0.15) is 6.42 Å². The second-order valence-corrected chi connectivity index (χ2v) is 6.04. The Bertz CT molecular complexity index is 546. The van der Waals surface area contributed by atoms with Crippen molar-refractivity contribution in [1.29, 1.82) is 0 Å². The highest BCUT2D eigenvalue weighted by molar-refractivity contribution is 5.81. The molecule has 0 aliphatic carbocycles. The zero-order valence-corrected chi connectivity index (χ0v) is 12.0. The maximum atomic E-state index is 12.3. The minimum absolute atomic E-state index is 0.0109. The highest BCUT2D eigenvalue weighted by Crippen LogP contribution is 2.42. The first-order chi connectivity index (χ1) is 10.0. The molecule has 2 aliphatic heterocycles. The van der Waals surface area contributed by atoms with Crippen molar-refractivity contribution in [3.8, 4) is 0 Å². The van der Waals surface area contributed by atoms with Gasteiger partial charge in [-0.3, -0.25) is 14.3 Å². The molecule has 2 fully saturated rings. The van der Waals surface area contributed by atoms with Gasteiger partial charge < -0.3 is 14.9 Å². The fraction of sp³-hybridized carbons (Fsp3) is 0.692. The summed E-state index contributed by atoms with van der Waals surface area (Å²) >= 11 is 0. The highest BCUT2D eigenvalue weighted by Gasteiger charge is 2.57. The lowest BCUT2D eigenvalue weighted by atomic mass is 9.81. The Kier molecular flexibility index (Phi) is 3.40. The van der Waals surface area contributed by atoms with Crippen molar-refractivity contribution in [3.63, 3.8) is 0 Å². The zero-order valence-electron chi connectivity index (χ0n) is 12.0. The van der Waals surface area contributed by atoms with E-state index in [1.807, 2.05) is 11.9 Å². The molecule has 1 amide bonds. The molecule has 0 aromatic carbocycles. The van der Waals surface area contributed by atoms with Crippen LogP contribution in [0.4, 0.5) is 0 Å². The minimum atomic E-state index is -0.794. The zero-order chi connectivity index (χ0) is 15.0. The maximum absolute atomic E-state index is 12.3. The third-order valence-corrected chi connectivity index (χ3v) is 4.58. The van der Waals surface area contributed by atoms with Crippen LogP contribution in [0.5, 0.6) is 0 Å². The Balaban J connectivity index is 1.63. The summed E-state index contributed by atoms with van der Waals surface area (Å²) in [5.74, 6) is -0.776. The summed E-state index contributed by atoms with van der Waals surface area (Å²) in [5.41, 5.74) is -0.794. The van der Waals surface area contributed by atoms with Crippen molar-refractivity contribution in [2.75, 3.05) is 33.2 Å². The summed E-state index contributed by atoms with van der Waals surface area (Å²) in [5, 5.41) is 13.5. The van der Waals surface area contributed by atoms with Crippen LogP contribution in [0.3, 0.4) is 0 Å². The van der Waals surface area contributed by atoms with Crippen LogP contribution < -0.4 is 0 Å². The van der Waals surface area contributed by atoms with Crippen LogP contribution in [-0.4, -0.2) is 74.8 Å². The van der Waals surface area contributed by atoms with Crippen LogP contribution >= 0.6 is 0 Å². The number of carboxylic acids is 1. The fourth-order valence-electron chi connectivity index (χ4n) is 3.53. The Hall–Kier alpha value is -1.96. The van der Waals surface area contributed by atoms with Gasteiger partial charge in [0.2, 0.25) is 5.91 Å². The van der Waals surface area contributed by atoms with E-state index in [9.17, 15) is 14.7 Å². The maximum Gasteiger partial charge on any atom is 0.313 e. The lowest BCUT2D eigenvalue weighted by Crippen LogP contribution is -2.41. The molecule has 3 rings (SSSR count). The van der Waals surface area contributed by atoms with E-state index in [4.69, 9.17) is 0 Å². The molecule has 2 aliphatic rings. The molecule has 0 spiro atoms. The number of hydrogen-bond acceptors (Lipinski definition) is 5. The lowest BCUT2D eigenvalue weighted by Gasteiger charge is -2.24. The second-order valence-electron chi connectivity index (χ2n) is 6.04. The van der Waals surface area contributed by atoms with Crippen LogP contribution in [0.2, 0.25) is 0 Å². The van der Waals surface area contributed by atoms with Crippen molar-refractivity contribution in [2.45, 2.75) is 13.0 Å². The summed E-state index contributed by atoms with van der Waals surface area (Å²) in [7, 11) is 1.93. The van der Waals surface area contributed by atoms with Crippen molar-refractivity contribution in [3.05, 3.63) is 12.7 Å². The fourth-order valence-corrected chi connectivity index (χ4v) is 3.53. The van der Waals surface area contributed by atoms with Crippen LogP contribution in [-0.2, 0) is 16.1 Å². The molecule has 8 heteroatoms. The van der Waals surface area contributed by atoms with Crippen molar-refractivity contribution in [1.82, 2.24) is 24.6 Å². The van der Waals surface area contributed by atoms with Gasteiger partial charge >= 0.3 is 5.97 Å². The Morgan fingerprint density at radius 1 is 1.38 bits per heavy atom. The second kappa shape index (κ2) is 5.10. The number of aromatic nitrogens is 3. The first kappa shape index (κ1) is 14.0. The molecule has 3 heterocycles. The van der Waals surface area contributed by atoms with E-state index < -0.39 is 11.4 Å². The number of carbonyl (C=O) groups is 2. The van der Waals surface area contributed by atoms with E-state index in [1.165, 1.54) is 6.33 Å². The van der Waals surface area contributed by atoms with Gasteiger partial charge in [0.15, 0.2) is 0 Å². The van der Waals surface area contributed by atoms with Crippen LogP contribution in [0.25, 0.3) is 0 Å². The van der Waals surface area contributed by atoms with E-state index in [0.29, 0.717) is 32.6 Å². The van der Waals surface area contributed by atoms with E-state index in [-0.39, 0.29) is 11.8 Å². The Morgan fingerprint density at radius 3 is 2.81 bits per heavy atom. The summed E-state index contributed by atoms with van der Waals surface area (Å²) < 4.78 is 1.61. The summed E-state index contributed by atoms with van der Waals surface area (Å²) in [6.45, 7) is 2.57. The van der Waals surface area contributed by atoms with Crippen LogP contribution in [0, 0.1) is 11.3 Å². The average molecular weight is 293 g/mol. The summed E-state index contributed by atoms with van der Waals surface area (Å²) in [6.07, 6.45) is 3.32. The number of carboxylic acid groups (broad SMARTS) is 1. The lowest BCUT2D eigenvalue weighted by molar-refractivity contribution is -0.149. The molecule has 0 bridgehead atoms. The van der Waals surface area contributed by atoms with Gasteiger partial charge in [0.05, 0.1) is 6.54 Å². The van der Waals surface area contributed by atoms with Gasteiger partial charge in [0, 0.05) is 38.5 Å². The molecule has 0 radical (unpaired) electrons. The van der Waals surface area contributed by atoms with Crippen molar-refractivity contribution < 1.29 is 14.7 Å². The number of aryl methyl sites for hydroxylation is 1. The predicted molar refractivity (Wildman–Crippen MR) is 72.3 cm³/mol. The molecule has 2 saturated heterocycles. The van der Waals surface area contributed by atoms with Crippen molar-refractivity contribution in [2.24, 2.45) is 11.3 Å². The molecule has 1 aromatic heterocycles. The summed E-state index contributed by atoms with van der Waals surface area (Å²) in [6, 6.07) is 0. The molecule has 0 unspecified atom stereocenters. The molecule has 8 nitrogen and oxygen atoms in total. The highest BCUT2D eigenvalue weighted by atomic mass is 16.4. The van der Waals surface area contributed by atoms with Gasteiger partial charge in [-0.25, -0.2) is 4.98 Å². The number of rotatable bonds is 4. The Morgan fingerprint density at radius 2 is 2.19 bits per heavy atom. The largest absolute Gasteiger partial charge is 0.481 e. The average Bonchev–Trinajstić information content (AvgIpc) is 3.09. The molecule has 1 N–H and O–H groups in total. The molecule has 21 heavy (non-hydrogen) atoms. The molecule has 2 atom stereocenters. The number of fused-ring (bicyclic) bond motifs is 1. The molecule has 0 saturated carbocycles.